The highest BCUT2D eigenvalue weighted by Crippen LogP contribution is 2.21. The zero-order valence-electron chi connectivity index (χ0n) is 16.4. The third-order valence-corrected chi connectivity index (χ3v) is 5.23. The van der Waals surface area contributed by atoms with Gasteiger partial charge in [-0.3, -0.25) is 0 Å². The van der Waals surface area contributed by atoms with Gasteiger partial charge in [0.1, 0.15) is 5.82 Å². The highest BCUT2D eigenvalue weighted by Gasteiger charge is 2.19. The van der Waals surface area contributed by atoms with Gasteiger partial charge >= 0.3 is 0 Å². The van der Waals surface area contributed by atoms with Crippen LogP contribution in [-0.4, -0.2) is 42.7 Å². The Bertz CT molecular complexity index is 860. The summed E-state index contributed by atoms with van der Waals surface area (Å²) in [5.41, 5.74) is 2.57. The number of anilines is 3. The lowest BCUT2D eigenvalue weighted by Gasteiger charge is -2.37. The number of rotatable bonds is 6. The molecule has 28 heavy (non-hydrogen) atoms. The SMILES string of the molecule is CCN(Cc1ccccc1)c1nccc(N2CCN(c3ccccc3)CC2)n1. The summed E-state index contributed by atoms with van der Waals surface area (Å²) in [6.45, 7) is 7.79. The first kappa shape index (κ1) is 18.3. The van der Waals surface area contributed by atoms with E-state index in [1.54, 1.807) is 0 Å². The molecule has 0 spiro atoms. The maximum absolute atomic E-state index is 4.88. The van der Waals surface area contributed by atoms with Crippen LogP contribution in [0.1, 0.15) is 12.5 Å². The third kappa shape index (κ3) is 4.25. The minimum absolute atomic E-state index is 0.800. The van der Waals surface area contributed by atoms with Gasteiger partial charge in [0.2, 0.25) is 5.95 Å². The van der Waals surface area contributed by atoms with Crippen molar-refractivity contribution < 1.29 is 0 Å². The smallest absolute Gasteiger partial charge is 0.227 e. The lowest BCUT2D eigenvalue weighted by atomic mass is 10.2. The normalized spacial score (nSPS) is 14.2. The molecular weight excluding hydrogens is 346 g/mol. The molecule has 0 N–H and O–H groups in total. The van der Waals surface area contributed by atoms with Crippen molar-refractivity contribution in [3.05, 3.63) is 78.5 Å². The van der Waals surface area contributed by atoms with Crippen molar-refractivity contribution in [2.45, 2.75) is 13.5 Å². The van der Waals surface area contributed by atoms with Crippen molar-refractivity contribution in [1.82, 2.24) is 9.97 Å². The Morgan fingerprint density at radius 2 is 1.46 bits per heavy atom. The number of aromatic nitrogens is 2. The molecule has 1 fully saturated rings. The summed E-state index contributed by atoms with van der Waals surface area (Å²) >= 11 is 0. The van der Waals surface area contributed by atoms with Crippen LogP contribution in [-0.2, 0) is 6.54 Å². The Hall–Kier alpha value is -3.08. The van der Waals surface area contributed by atoms with Gasteiger partial charge in [0.25, 0.3) is 0 Å². The Labute approximate surface area is 167 Å². The van der Waals surface area contributed by atoms with Crippen molar-refractivity contribution in [3.8, 4) is 0 Å². The van der Waals surface area contributed by atoms with Gasteiger partial charge in [-0.2, -0.15) is 4.98 Å². The maximum Gasteiger partial charge on any atom is 0.227 e. The van der Waals surface area contributed by atoms with Gasteiger partial charge in [0.15, 0.2) is 0 Å². The lowest BCUT2D eigenvalue weighted by molar-refractivity contribution is 0.645. The maximum atomic E-state index is 4.88. The predicted octanol–water partition coefficient (Wildman–Crippen LogP) is 3.83. The number of nitrogens with zero attached hydrogens (tertiary/aromatic N) is 5. The molecular formula is C23H27N5. The molecule has 5 heteroatoms. The van der Waals surface area contributed by atoms with Crippen molar-refractivity contribution in [1.29, 1.82) is 0 Å². The number of piperazine rings is 1. The molecule has 0 radical (unpaired) electrons. The van der Waals surface area contributed by atoms with Gasteiger partial charge in [0, 0.05) is 51.2 Å². The molecule has 0 unspecified atom stereocenters. The van der Waals surface area contributed by atoms with Crippen LogP contribution in [0.4, 0.5) is 17.5 Å². The second-order valence-electron chi connectivity index (χ2n) is 7.02. The average Bonchev–Trinajstić information content (AvgIpc) is 2.79. The third-order valence-electron chi connectivity index (χ3n) is 5.23. The molecule has 2 heterocycles. The molecule has 0 aliphatic carbocycles. The topological polar surface area (TPSA) is 35.5 Å². The molecule has 3 aromatic rings. The van der Waals surface area contributed by atoms with Crippen molar-refractivity contribution >= 4 is 17.5 Å². The predicted molar refractivity (Wildman–Crippen MR) is 116 cm³/mol. The Kier molecular flexibility index (Phi) is 5.71. The van der Waals surface area contributed by atoms with Gasteiger partial charge in [-0.1, -0.05) is 48.5 Å². The summed E-state index contributed by atoms with van der Waals surface area (Å²) < 4.78 is 0. The van der Waals surface area contributed by atoms with E-state index in [0.717, 1.165) is 51.0 Å². The summed E-state index contributed by atoms with van der Waals surface area (Å²) in [7, 11) is 0. The van der Waals surface area contributed by atoms with Gasteiger partial charge < -0.3 is 14.7 Å². The number of para-hydroxylation sites is 1. The molecule has 4 rings (SSSR count). The molecule has 0 bridgehead atoms. The summed E-state index contributed by atoms with van der Waals surface area (Å²) in [6.07, 6.45) is 1.88. The van der Waals surface area contributed by atoms with E-state index in [0.29, 0.717) is 0 Å². The van der Waals surface area contributed by atoms with Crippen LogP contribution >= 0.6 is 0 Å². The van der Waals surface area contributed by atoms with Crippen LogP contribution < -0.4 is 14.7 Å². The van der Waals surface area contributed by atoms with E-state index in [9.17, 15) is 0 Å². The van der Waals surface area contributed by atoms with E-state index in [1.807, 2.05) is 18.3 Å². The highest BCUT2D eigenvalue weighted by molar-refractivity contribution is 5.50. The summed E-state index contributed by atoms with van der Waals surface area (Å²) in [6, 6.07) is 23.2. The standard InChI is InChI=1S/C23H27N5/c1-2-26(19-20-9-5-3-6-10-20)23-24-14-13-22(25-23)28-17-15-27(16-18-28)21-11-7-4-8-12-21/h3-14H,2,15-19H2,1H3. The van der Waals surface area contributed by atoms with E-state index < -0.39 is 0 Å². The zero-order valence-corrected chi connectivity index (χ0v) is 16.4. The van der Waals surface area contributed by atoms with Crippen LogP contribution in [0.3, 0.4) is 0 Å². The molecule has 5 nitrogen and oxygen atoms in total. The molecule has 1 aromatic heterocycles. The van der Waals surface area contributed by atoms with E-state index in [4.69, 9.17) is 4.98 Å². The van der Waals surface area contributed by atoms with Crippen LogP contribution in [0.15, 0.2) is 72.9 Å². The van der Waals surface area contributed by atoms with Crippen LogP contribution in [0.2, 0.25) is 0 Å². The van der Waals surface area contributed by atoms with E-state index >= 15 is 0 Å². The molecule has 0 atom stereocenters. The zero-order chi connectivity index (χ0) is 19.2. The first-order chi connectivity index (χ1) is 13.8. The van der Waals surface area contributed by atoms with Crippen LogP contribution in [0.25, 0.3) is 0 Å². The molecule has 1 aliphatic heterocycles. The van der Waals surface area contributed by atoms with Gasteiger partial charge in [-0.25, -0.2) is 4.98 Å². The molecule has 0 saturated carbocycles. The Morgan fingerprint density at radius 1 is 0.821 bits per heavy atom. The molecule has 0 amide bonds. The fourth-order valence-corrected chi connectivity index (χ4v) is 3.63. The van der Waals surface area contributed by atoms with Gasteiger partial charge in [-0.05, 0) is 30.7 Å². The quantitative estimate of drug-likeness (QED) is 0.656. The first-order valence-corrected chi connectivity index (χ1v) is 10.0. The second-order valence-corrected chi connectivity index (χ2v) is 7.02. The number of hydrogen-bond donors (Lipinski definition) is 0. The second kappa shape index (κ2) is 8.74. The van der Waals surface area contributed by atoms with E-state index in [2.05, 4.69) is 81.2 Å². The van der Waals surface area contributed by atoms with Crippen LogP contribution in [0, 0.1) is 0 Å². The molecule has 144 valence electrons. The Morgan fingerprint density at radius 3 is 2.14 bits per heavy atom. The average molecular weight is 374 g/mol. The number of benzene rings is 2. The fraction of sp³-hybridized carbons (Fsp3) is 0.304. The summed E-state index contributed by atoms with van der Waals surface area (Å²) in [4.78, 5) is 16.4. The molecule has 1 saturated heterocycles. The minimum Gasteiger partial charge on any atom is -0.368 e. The fourth-order valence-electron chi connectivity index (χ4n) is 3.63. The summed E-state index contributed by atoms with van der Waals surface area (Å²) in [5.74, 6) is 1.82. The van der Waals surface area contributed by atoms with E-state index in [1.165, 1.54) is 11.3 Å². The van der Waals surface area contributed by atoms with Crippen molar-refractivity contribution in [3.63, 3.8) is 0 Å². The lowest BCUT2D eigenvalue weighted by Crippen LogP contribution is -2.47. The largest absolute Gasteiger partial charge is 0.368 e. The molecule has 2 aromatic carbocycles. The molecule has 1 aliphatic rings. The summed E-state index contributed by atoms with van der Waals surface area (Å²) in [5, 5.41) is 0. The first-order valence-electron chi connectivity index (χ1n) is 10.0. The highest BCUT2D eigenvalue weighted by atomic mass is 15.3. The van der Waals surface area contributed by atoms with Crippen molar-refractivity contribution in [2.24, 2.45) is 0 Å². The van der Waals surface area contributed by atoms with Crippen LogP contribution in [0.5, 0.6) is 0 Å². The monoisotopic (exact) mass is 373 g/mol. The van der Waals surface area contributed by atoms with Crippen molar-refractivity contribution in [2.75, 3.05) is 47.4 Å². The van der Waals surface area contributed by atoms with Gasteiger partial charge in [0.05, 0.1) is 0 Å². The van der Waals surface area contributed by atoms with Gasteiger partial charge in [-0.15, -0.1) is 0 Å². The van der Waals surface area contributed by atoms with E-state index in [-0.39, 0.29) is 0 Å². The number of hydrogen-bond acceptors (Lipinski definition) is 5. The minimum atomic E-state index is 0.800. The Balaban J connectivity index is 1.43.